The van der Waals surface area contributed by atoms with Gasteiger partial charge in [-0.05, 0) is 70.1 Å². The number of nitrogens with one attached hydrogen (secondary N) is 2. The molecule has 1 aliphatic heterocycles. The van der Waals surface area contributed by atoms with Crippen LogP contribution < -0.4 is 10.6 Å². The molecular weight excluding hydrogens is 310 g/mol. The molecule has 4 nitrogen and oxygen atoms in total. The molecule has 0 spiro atoms. The van der Waals surface area contributed by atoms with Crippen LogP contribution in [0.1, 0.15) is 34.6 Å². The molecule has 0 atom stereocenters. The van der Waals surface area contributed by atoms with Crippen LogP contribution >= 0.6 is 11.6 Å². The first kappa shape index (κ1) is 16.1. The normalized spacial score (nSPS) is 15.6. The molecule has 2 N–H and O–H groups in total. The third-order valence-corrected chi connectivity index (χ3v) is 4.69. The zero-order valence-corrected chi connectivity index (χ0v) is 14.3. The van der Waals surface area contributed by atoms with Gasteiger partial charge in [0.25, 0.3) is 5.91 Å². The van der Waals surface area contributed by atoms with Crippen LogP contribution in [-0.2, 0) is 0 Å². The van der Waals surface area contributed by atoms with E-state index in [0.29, 0.717) is 5.02 Å². The van der Waals surface area contributed by atoms with Gasteiger partial charge in [-0.1, -0.05) is 11.6 Å². The minimum atomic E-state index is 0.0187. The number of carbonyl (C=O) groups excluding carboxylic acids is 1. The number of nitrogens with zero attached hydrogens (tertiary/aromatic N) is 1. The van der Waals surface area contributed by atoms with E-state index in [1.54, 1.807) is 0 Å². The second kappa shape index (κ2) is 6.77. The number of piperidine rings is 1. The number of halogens is 1. The molecule has 0 saturated carbocycles. The minimum absolute atomic E-state index is 0.0187. The van der Waals surface area contributed by atoms with Gasteiger partial charge in [-0.3, -0.25) is 4.79 Å². The maximum absolute atomic E-state index is 12.6. The number of rotatable bonds is 3. The van der Waals surface area contributed by atoms with Crippen LogP contribution in [0.3, 0.4) is 0 Å². The van der Waals surface area contributed by atoms with Crippen LogP contribution in [0, 0.1) is 13.8 Å². The fraction of sp³-hybridized carbons (Fsp3) is 0.389. The maximum Gasteiger partial charge on any atom is 0.253 e. The fourth-order valence-corrected chi connectivity index (χ4v) is 3.34. The first-order chi connectivity index (χ1) is 11.1. The van der Waals surface area contributed by atoms with Crippen molar-refractivity contribution in [2.75, 3.05) is 13.1 Å². The molecular formula is C18H22ClN3O. The molecule has 5 heteroatoms. The molecule has 23 heavy (non-hydrogen) atoms. The summed E-state index contributed by atoms with van der Waals surface area (Å²) in [6.45, 7) is 5.94. The standard InChI is InChI=1S/C18H22ClN3O/c1-12-11-17(18(23)21-15-7-9-20-10-8-15)13(2)22(12)16-5-3-14(19)4-6-16/h3-6,11,15,20H,7-10H2,1-2H3,(H,21,23). The Labute approximate surface area is 141 Å². The average molecular weight is 332 g/mol. The van der Waals surface area contributed by atoms with Crippen molar-refractivity contribution in [3.8, 4) is 5.69 Å². The Morgan fingerprint density at radius 2 is 1.87 bits per heavy atom. The van der Waals surface area contributed by atoms with Crippen LogP contribution in [0.25, 0.3) is 5.69 Å². The van der Waals surface area contributed by atoms with Gasteiger partial charge in [0.05, 0.1) is 5.56 Å². The van der Waals surface area contributed by atoms with Gasteiger partial charge >= 0.3 is 0 Å². The van der Waals surface area contributed by atoms with Crippen LogP contribution in [0.15, 0.2) is 30.3 Å². The fourth-order valence-electron chi connectivity index (χ4n) is 3.21. The number of carbonyl (C=O) groups is 1. The Morgan fingerprint density at radius 1 is 1.22 bits per heavy atom. The highest BCUT2D eigenvalue weighted by atomic mass is 35.5. The number of amides is 1. The Balaban J connectivity index is 1.85. The molecule has 1 fully saturated rings. The van der Waals surface area contributed by atoms with Crippen LogP contribution in [0.4, 0.5) is 0 Å². The zero-order valence-electron chi connectivity index (χ0n) is 13.5. The molecule has 0 unspecified atom stereocenters. The first-order valence-electron chi connectivity index (χ1n) is 8.02. The van der Waals surface area contributed by atoms with Gasteiger partial charge in [-0.25, -0.2) is 0 Å². The summed E-state index contributed by atoms with van der Waals surface area (Å²) in [5, 5.41) is 7.18. The van der Waals surface area contributed by atoms with E-state index in [4.69, 9.17) is 11.6 Å². The van der Waals surface area contributed by atoms with E-state index in [-0.39, 0.29) is 11.9 Å². The summed E-state index contributed by atoms with van der Waals surface area (Å²) in [6.07, 6.45) is 1.98. The lowest BCUT2D eigenvalue weighted by atomic mass is 10.1. The molecule has 1 amide bonds. The van der Waals surface area contributed by atoms with Gasteiger partial charge in [0.2, 0.25) is 0 Å². The first-order valence-corrected chi connectivity index (χ1v) is 8.40. The maximum atomic E-state index is 12.6. The van der Waals surface area contributed by atoms with Crippen molar-refractivity contribution in [3.05, 3.63) is 52.3 Å². The Hall–Kier alpha value is -1.78. The van der Waals surface area contributed by atoms with Crippen LogP contribution in [0.2, 0.25) is 5.02 Å². The highest BCUT2D eigenvalue weighted by molar-refractivity contribution is 6.30. The molecule has 2 aromatic rings. The number of hydrogen-bond donors (Lipinski definition) is 2. The predicted molar refractivity (Wildman–Crippen MR) is 93.6 cm³/mol. The smallest absolute Gasteiger partial charge is 0.253 e. The van der Waals surface area contributed by atoms with E-state index in [1.165, 1.54) is 0 Å². The quantitative estimate of drug-likeness (QED) is 0.907. The van der Waals surface area contributed by atoms with Crippen molar-refractivity contribution < 1.29 is 4.79 Å². The Kier molecular flexibility index (Phi) is 4.74. The van der Waals surface area contributed by atoms with E-state index < -0.39 is 0 Å². The molecule has 2 heterocycles. The van der Waals surface area contributed by atoms with Crippen molar-refractivity contribution >= 4 is 17.5 Å². The lowest BCUT2D eigenvalue weighted by molar-refractivity contribution is 0.0929. The van der Waals surface area contributed by atoms with Crippen LogP contribution in [-0.4, -0.2) is 29.6 Å². The molecule has 0 bridgehead atoms. The number of aromatic nitrogens is 1. The van der Waals surface area contributed by atoms with E-state index in [1.807, 2.05) is 44.2 Å². The van der Waals surface area contributed by atoms with Gasteiger partial charge in [-0.15, -0.1) is 0 Å². The third-order valence-electron chi connectivity index (χ3n) is 4.43. The SMILES string of the molecule is Cc1cc(C(=O)NC2CCNCC2)c(C)n1-c1ccc(Cl)cc1. The molecule has 3 rings (SSSR count). The minimum Gasteiger partial charge on any atom is -0.349 e. The van der Waals surface area contributed by atoms with E-state index in [0.717, 1.165) is 48.6 Å². The highest BCUT2D eigenvalue weighted by Gasteiger charge is 2.20. The lowest BCUT2D eigenvalue weighted by Crippen LogP contribution is -2.42. The van der Waals surface area contributed by atoms with Crippen molar-refractivity contribution in [3.63, 3.8) is 0 Å². The predicted octanol–water partition coefficient (Wildman–Crippen LogP) is 3.23. The summed E-state index contributed by atoms with van der Waals surface area (Å²) in [5.41, 5.74) is 3.76. The van der Waals surface area contributed by atoms with E-state index >= 15 is 0 Å². The summed E-state index contributed by atoms with van der Waals surface area (Å²) in [7, 11) is 0. The second-order valence-corrected chi connectivity index (χ2v) is 6.53. The summed E-state index contributed by atoms with van der Waals surface area (Å²) in [6, 6.07) is 9.89. The van der Waals surface area contributed by atoms with Crippen molar-refractivity contribution in [2.24, 2.45) is 0 Å². The lowest BCUT2D eigenvalue weighted by Gasteiger charge is -2.23. The van der Waals surface area contributed by atoms with Gasteiger partial charge in [0.1, 0.15) is 0 Å². The van der Waals surface area contributed by atoms with Crippen molar-refractivity contribution in [1.82, 2.24) is 15.2 Å². The molecule has 0 aliphatic carbocycles. The summed E-state index contributed by atoms with van der Waals surface area (Å²) >= 11 is 5.96. The molecule has 0 radical (unpaired) electrons. The summed E-state index contributed by atoms with van der Waals surface area (Å²) in [5.74, 6) is 0.0187. The molecule has 1 aromatic carbocycles. The molecule has 122 valence electrons. The number of hydrogen-bond acceptors (Lipinski definition) is 2. The Morgan fingerprint density at radius 3 is 2.52 bits per heavy atom. The van der Waals surface area contributed by atoms with E-state index in [2.05, 4.69) is 15.2 Å². The summed E-state index contributed by atoms with van der Waals surface area (Å²) in [4.78, 5) is 12.6. The van der Waals surface area contributed by atoms with Crippen molar-refractivity contribution in [1.29, 1.82) is 0 Å². The Bertz CT molecular complexity index is 700. The summed E-state index contributed by atoms with van der Waals surface area (Å²) < 4.78 is 2.09. The average Bonchev–Trinajstić information content (AvgIpc) is 2.84. The van der Waals surface area contributed by atoms with Gasteiger partial charge in [0.15, 0.2) is 0 Å². The van der Waals surface area contributed by atoms with Gasteiger partial charge in [-0.2, -0.15) is 0 Å². The van der Waals surface area contributed by atoms with E-state index in [9.17, 15) is 4.79 Å². The third kappa shape index (κ3) is 3.43. The second-order valence-electron chi connectivity index (χ2n) is 6.09. The molecule has 1 aromatic heterocycles. The topological polar surface area (TPSA) is 46.1 Å². The van der Waals surface area contributed by atoms with Crippen molar-refractivity contribution in [2.45, 2.75) is 32.7 Å². The zero-order chi connectivity index (χ0) is 16.4. The molecule has 1 saturated heterocycles. The van der Waals surface area contributed by atoms with Gasteiger partial charge in [0, 0.05) is 28.1 Å². The highest BCUT2D eigenvalue weighted by Crippen LogP contribution is 2.22. The molecule has 1 aliphatic rings. The van der Waals surface area contributed by atoms with Crippen LogP contribution in [0.5, 0.6) is 0 Å². The number of aryl methyl sites for hydroxylation is 1. The largest absolute Gasteiger partial charge is 0.349 e. The number of benzene rings is 1. The van der Waals surface area contributed by atoms with Gasteiger partial charge < -0.3 is 15.2 Å². The monoisotopic (exact) mass is 331 g/mol.